The molecule has 1 aliphatic heterocycles. The van der Waals surface area contributed by atoms with Crippen molar-refractivity contribution in [1.82, 2.24) is 4.31 Å². The van der Waals surface area contributed by atoms with Crippen LogP contribution in [0.2, 0.25) is 0 Å². The number of anilines is 1. The first kappa shape index (κ1) is 15.3. The zero-order valence-electron chi connectivity index (χ0n) is 12.9. The summed E-state index contributed by atoms with van der Waals surface area (Å²) in [6.45, 7) is 2.34. The minimum Gasteiger partial charge on any atom is -0.497 e. The molecule has 0 spiro atoms. The average Bonchev–Trinajstić information content (AvgIpc) is 3.22. The molecule has 120 valence electrons. The summed E-state index contributed by atoms with van der Waals surface area (Å²) in [6, 6.07) is 5.28. The normalized spacial score (nSPS) is 29.5. The minimum absolute atomic E-state index is 0.0627. The van der Waals surface area contributed by atoms with E-state index in [1.54, 1.807) is 25.3 Å². The maximum atomic E-state index is 12.7. The number of hydrogen-bond acceptors (Lipinski definition) is 4. The highest BCUT2D eigenvalue weighted by Gasteiger charge is 2.71. The van der Waals surface area contributed by atoms with Crippen molar-refractivity contribution < 1.29 is 17.9 Å². The predicted octanol–water partition coefficient (Wildman–Crippen LogP) is 1.37. The van der Waals surface area contributed by atoms with Crippen LogP contribution in [0.15, 0.2) is 18.2 Å². The summed E-state index contributed by atoms with van der Waals surface area (Å²) < 4.78 is 30.2. The maximum absolute atomic E-state index is 12.7. The first-order chi connectivity index (χ1) is 10.3. The van der Waals surface area contributed by atoms with Crippen molar-refractivity contribution in [2.24, 2.45) is 5.92 Å². The number of nitrogens with zero attached hydrogens (tertiary/aromatic N) is 1. The molecule has 2 fully saturated rings. The van der Waals surface area contributed by atoms with Gasteiger partial charge in [0.25, 0.3) is 0 Å². The summed E-state index contributed by atoms with van der Waals surface area (Å²) in [5, 5.41) is 2.79. The second-order valence-corrected chi connectivity index (χ2v) is 8.34. The fraction of sp³-hybridized carbons (Fsp3) is 0.533. The van der Waals surface area contributed by atoms with Crippen LogP contribution in [0, 0.1) is 12.8 Å². The monoisotopic (exact) mass is 324 g/mol. The molecule has 2 aliphatic rings. The van der Waals surface area contributed by atoms with Crippen LogP contribution in [0.1, 0.15) is 18.4 Å². The second-order valence-electron chi connectivity index (χ2n) is 6.04. The summed E-state index contributed by atoms with van der Waals surface area (Å²) in [6.07, 6.45) is 1.16. The number of ether oxygens (including phenoxy) is 1. The number of carbonyl (C=O) groups is 1. The van der Waals surface area contributed by atoms with Gasteiger partial charge in [0.1, 0.15) is 5.75 Å². The van der Waals surface area contributed by atoms with Crippen LogP contribution in [0.5, 0.6) is 5.75 Å². The van der Waals surface area contributed by atoms with Crippen LogP contribution in [0.3, 0.4) is 0 Å². The van der Waals surface area contributed by atoms with E-state index in [0.29, 0.717) is 24.4 Å². The van der Waals surface area contributed by atoms with E-state index in [1.165, 1.54) is 11.4 Å². The van der Waals surface area contributed by atoms with Gasteiger partial charge in [0.2, 0.25) is 15.9 Å². The summed E-state index contributed by atoms with van der Waals surface area (Å²) in [7, 11) is -0.462. The fourth-order valence-electron chi connectivity index (χ4n) is 3.22. The largest absolute Gasteiger partial charge is 0.497 e. The fourth-order valence-corrected chi connectivity index (χ4v) is 5.36. The van der Waals surface area contributed by atoms with Gasteiger partial charge in [-0.1, -0.05) is 0 Å². The first-order valence-corrected chi connectivity index (χ1v) is 8.69. The second kappa shape index (κ2) is 4.96. The molecule has 2 unspecified atom stereocenters. The highest BCUT2D eigenvalue weighted by Crippen LogP contribution is 2.56. The molecule has 1 aliphatic carbocycles. The maximum Gasteiger partial charge on any atom is 0.247 e. The topological polar surface area (TPSA) is 75.7 Å². The van der Waals surface area contributed by atoms with Gasteiger partial charge in [-0.3, -0.25) is 4.79 Å². The molecule has 1 aromatic rings. The summed E-state index contributed by atoms with van der Waals surface area (Å²) in [5.74, 6) is 0.215. The quantitative estimate of drug-likeness (QED) is 0.911. The zero-order valence-corrected chi connectivity index (χ0v) is 13.7. The van der Waals surface area contributed by atoms with Gasteiger partial charge in [0.15, 0.2) is 4.75 Å². The van der Waals surface area contributed by atoms with Gasteiger partial charge in [-0.15, -0.1) is 0 Å². The Labute approximate surface area is 130 Å². The number of aryl methyl sites for hydroxylation is 1. The van der Waals surface area contributed by atoms with Gasteiger partial charge >= 0.3 is 0 Å². The van der Waals surface area contributed by atoms with E-state index in [4.69, 9.17) is 4.74 Å². The van der Waals surface area contributed by atoms with E-state index in [9.17, 15) is 13.2 Å². The molecule has 1 aromatic carbocycles. The highest BCUT2D eigenvalue weighted by molar-refractivity contribution is 7.91. The molecule has 0 aromatic heterocycles. The van der Waals surface area contributed by atoms with E-state index in [2.05, 4.69) is 5.32 Å². The number of benzene rings is 1. The lowest BCUT2D eigenvalue weighted by atomic mass is 10.1. The Morgan fingerprint density at radius 1 is 1.45 bits per heavy atom. The SMILES string of the molecule is COc1ccc(NC(=O)C23CC2CCN(C)S3(=O)=O)c(C)c1. The Balaban J connectivity index is 1.87. The third-order valence-corrected chi connectivity index (χ3v) is 7.39. The standard InChI is InChI=1S/C15H20N2O4S/c1-10-8-12(21-3)4-5-13(10)16-14(18)15-9-11(15)6-7-17(2)22(15,19)20/h4-5,8,11H,6-7,9H2,1-3H3,(H,16,18). The molecule has 1 N–H and O–H groups in total. The Morgan fingerprint density at radius 2 is 2.18 bits per heavy atom. The van der Waals surface area contributed by atoms with Gasteiger partial charge in [-0.2, -0.15) is 0 Å². The lowest BCUT2D eigenvalue weighted by molar-refractivity contribution is -0.117. The van der Waals surface area contributed by atoms with Crippen LogP contribution in [0.25, 0.3) is 0 Å². The third kappa shape index (κ3) is 2.03. The van der Waals surface area contributed by atoms with Crippen LogP contribution in [-0.2, 0) is 14.8 Å². The van der Waals surface area contributed by atoms with Gasteiger partial charge < -0.3 is 10.1 Å². The Kier molecular flexibility index (Phi) is 3.45. The van der Waals surface area contributed by atoms with Crippen LogP contribution in [-0.4, -0.2) is 44.1 Å². The lowest BCUT2D eigenvalue weighted by Gasteiger charge is -2.29. The van der Waals surface area contributed by atoms with Gasteiger partial charge in [0.05, 0.1) is 7.11 Å². The van der Waals surface area contributed by atoms with Crippen molar-refractivity contribution in [2.45, 2.75) is 24.5 Å². The molecule has 1 saturated heterocycles. The highest BCUT2D eigenvalue weighted by atomic mass is 32.2. The molecule has 1 heterocycles. The average molecular weight is 324 g/mol. The zero-order chi connectivity index (χ0) is 16.1. The van der Waals surface area contributed by atoms with Crippen molar-refractivity contribution in [3.63, 3.8) is 0 Å². The summed E-state index contributed by atoms with van der Waals surface area (Å²) >= 11 is 0. The van der Waals surface area contributed by atoms with Crippen molar-refractivity contribution >= 4 is 21.6 Å². The number of methoxy groups -OCH3 is 1. The molecule has 0 radical (unpaired) electrons. The van der Waals surface area contributed by atoms with Crippen molar-refractivity contribution in [3.8, 4) is 5.75 Å². The van der Waals surface area contributed by atoms with E-state index in [-0.39, 0.29) is 5.92 Å². The number of nitrogens with one attached hydrogen (secondary N) is 1. The Morgan fingerprint density at radius 3 is 2.82 bits per heavy atom. The van der Waals surface area contributed by atoms with E-state index in [1.807, 2.05) is 6.92 Å². The number of hydrogen-bond donors (Lipinski definition) is 1. The molecule has 2 atom stereocenters. The first-order valence-electron chi connectivity index (χ1n) is 7.25. The number of rotatable bonds is 3. The summed E-state index contributed by atoms with van der Waals surface area (Å²) in [5.41, 5.74) is 1.46. The molecule has 6 nitrogen and oxygen atoms in total. The predicted molar refractivity (Wildman–Crippen MR) is 83.4 cm³/mol. The van der Waals surface area contributed by atoms with E-state index < -0.39 is 20.7 Å². The molecule has 3 rings (SSSR count). The molecular formula is C15H20N2O4S. The van der Waals surface area contributed by atoms with Crippen LogP contribution in [0.4, 0.5) is 5.69 Å². The molecule has 22 heavy (non-hydrogen) atoms. The Bertz CT molecular complexity index is 731. The van der Waals surface area contributed by atoms with Crippen LogP contribution < -0.4 is 10.1 Å². The molecule has 7 heteroatoms. The number of sulfonamides is 1. The molecule has 0 bridgehead atoms. The van der Waals surface area contributed by atoms with Crippen molar-refractivity contribution in [1.29, 1.82) is 0 Å². The minimum atomic E-state index is -3.58. The van der Waals surface area contributed by atoms with Gasteiger partial charge in [-0.05, 0) is 49.4 Å². The number of fused-ring (bicyclic) bond motifs is 1. The Hall–Kier alpha value is -1.60. The summed E-state index contributed by atoms with van der Waals surface area (Å²) in [4.78, 5) is 12.7. The van der Waals surface area contributed by atoms with Crippen LogP contribution >= 0.6 is 0 Å². The van der Waals surface area contributed by atoms with Gasteiger partial charge in [-0.25, -0.2) is 12.7 Å². The number of carbonyl (C=O) groups excluding carboxylic acids is 1. The molecule has 1 amide bonds. The van der Waals surface area contributed by atoms with E-state index >= 15 is 0 Å². The van der Waals surface area contributed by atoms with E-state index in [0.717, 1.165) is 12.0 Å². The molecular weight excluding hydrogens is 304 g/mol. The lowest BCUT2D eigenvalue weighted by Crippen LogP contribution is -2.50. The van der Waals surface area contributed by atoms with Crippen molar-refractivity contribution in [2.75, 3.05) is 26.0 Å². The number of amides is 1. The smallest absolute Gasteiger partial charge is 0.247 e. The third-order valence-electron chi connectivity index (χ3n) is 4.78. The van der Waals surface area contributed by atoms with Crippen molar-refractivity contribution in [3.05, 3.63) is 23.8 Å². The van der Waals surface area contributed by atoms with Gasteiger partial charge in [0, 0.05) is 19.3 Å². The molecule has 1 saturated carbocycles.